The van der Waals surface area contributed by atoms with Gasteiger partial charge in [-0.25, -0.2) is 0 Å². The van der Waals surface area contributed by atoms with Crippen LogP contribution in [0.25, 0.3) is 0 Å². The minimum absolute atomic E-state index is 0. The molecular weight excluding hydrogens is 455 g/mol. The van der Waals surface area contributed by atoms with Gasteiger partial charge in [0.2, 0.25) is 0 Å². The van der Waals surface area contributed by atoms with Gasteiger partial charge in [-0.1, -0.05) is 13.8 Å². The summed E-state index contributed by atoms with van der Waals surface area (Å²) in [5, 5.41) is 15.6. The number of aryl methyl sites for hydroxylation is 2. The van der Waals surface area contributed by atoms with Gasteiger partial charge in [0, 0.05) is 52.0 Å². The molecule has 8 nitrogen and oxygen atoms in total. The number of aromatic nitrogens is 5. The highest BCUT2D eigenvalue weighted by molar-refractivity contribution is 14.0. The first kappa shape index (κ1) is 23.4. The summed E-state index contributed by atoms with van der Waals surface area (Å²) in [4.78, 5) is 6.95. The van der Waals surface area contributed by atoms with Crippen molar-refractivity contribution in [3.8, 4) is 0 Å². The van der Waals surface area contributed by atoms with Crippen LogP contribution in [0.2, 0.25) is 0 Å². The molecule has 0 saturated heterocycles. The lowest BCUT2D eigenvalue weighted by Gasteiger charge is -2.22. The highest BCUT2D eigenvalue weighted by Gasteiger charge is 2.14. The largest absolute Gasteiger partial charge is 0.357 e. The van der Waals surface area contributed by atoms with Crippen molar-refractivity contribution in [3.63, 3.8) is 0 Å². The second-order valence-electron chi connectivity index (χ2n) is 6.87. The lowest BCUT2D eigenvalue weighted by molar-refractivity contribution is 0.472. The summed E-state index contributed by atoms with van der Waals surface area (Å²) in [6, 6.07) is 0. The number of aliphatic imine (C=N–C) groups is 1. The Labute approximate surface area is 179 Å². The van der Waals surface area contributed by atoms with Gasteiger partial charge in [0.15, 0.2) is 5.96 Å². The van der Waals surface area contributed by atoms with Crippen molar-refractivity contribution in [2.45, 2.75) is 52.6 Å². The Hall–Kier alpha value is -1.65. The van der Waals surface area contributed by atoms with E-state index in [9.17, 15) is 0 Å². The van der Waals surface area contributed by atoms with Crippen LogP contribution < -0.4 is 5.32 Å². The second-order valence-corrected chi connectivity index (χ2v) is 6.87. The third-order valence-corrected chi connectivity index (χ3v) is 4.14. The van der Waals surface area contributed by atoms with Crippen LogP contribution in [-0.4, -0.2) is 55.5 Å². The molecule has 0 fully saturated rings. The average Bonchev–Trinajstić information content (AvgIpc) is 3.23. The van der Waals surface area contributed by atoms with E-state index in [2.05, 4.69) is 59.5 Å². The minimum Gasteiger partial charge on any atom is -0.357 e. The Bertz CT molecular complexity index is 678. The molecule has 2 rings (SSSR count). The Balaban J connectivity index is 0.00000364. The summed E-state index contributed by atoms with van der Waals surface area (Å²) < 4.78 is 3.89. The maximum atomic E-state index is 4.77. The summed E-state index contributed by atoms with van der Waals surface area (Å²) in [5.41, 5.74) is 2.41. The molecular formula is C18H33IN8. The lowest BCUT2D eigenvalue weighted by atomic mass is 10.1. The van der Waals surface area contributed by atoms with Gasteiger partial charge in [0.05, 0.1) is 5.69 Å². The van der Waals surface area contributed by atoms with E-state index >= 15 is 0 Å². The number of guanidine groups is 1. The van der Waals surface area contributed by atoms with Crippen LogP contribution in [0.15, 0.2) is 23.8 Å². The Kier molecular flexibility index (Phi) is 10.3. The van der Waals surface area contributed by atoms with Crippen LogP contribution in [0, 0.1) is 0 Å². The number of unbranched alkanes of at least 4 members (excludes halogenated alkanes) is 1. The fourth-order valence-electron chi connectivity index (χ4n) is 2.89. The molecule has 0 aromatic carbocycles. The molecule has 2 aromatic heterocycles. The smallest absolute Gasteiger partial charge is 0.193 e. The van der Waals surface area contributed by atoms with E-state index in [4.69, 9.17) is 4.99 Å². The quantitative estimate of drug-likeness (QED) is 0.254. The summed E-state index contributed by atoms with van der Waals surface area (Å²) in [7, 11) is 4.06. The topological polar surface area (TPSA) is 76.2 Å². The zero-order chi connectivity index (χ0) is 18.9. The molecule has 0 unspecified atom stereocenters. The van der Waals surface area contributed by atoms with Crippen LogP contribution in [0.1, 0.15) is 50.8 Å². The number of rotatable bonds is 9. The molecule has 152 valence electrons. The Morgan fingerprint density at radius 2 is 1.96 bits per heavy atom. The predicted molar refractivity (Wildman–Crippen MR) is 119 cm³/mol. The van der Waals surface area contributed by atoms with Gasteiger partial charge in [-0.3, -0.25) is 9.67 Å². The maximum absolute atomic E-state index is 4.77. The van der Waals surface area contributed by atoms with Crippen molar-refractivity contribution in [2.24, 2.45) is 12.0 Å². The molecule has 0 aliphatic carbocycles. The van der Waals surface area contributed by atoms with E-state index in [1.165, 1.54) is 5.56 Å². The van der Waals surface area contributed by atoms with Gasteiger partial charge >= 0.3 is 0 Å². The highest BCUT2D eigenvalue weighted by Crippen LogP contribution is 2.18. The van der Waals surface area contributed by atoms with Gasteiger partial charge in [-0.15, -0.1) is 34.2 Å². The molecule has 0 bridgehead atoms. The van der Waals surface area contributed by atoms with Gasteiger partial charge in [-0.2, -0.15) is 5.10 Å². The van der Waals surface area contributed by atoms with Crippen molar-refractivity contribution in [1.82, 2.24) is 34.8 Å². The van der Waals surface area contributed by atoms with Crippen LogP contribution in [-0.2, 0) is 20.1 Å². The van der Waals surface area contributed by atoms with Gasteiger partial charge in [0.1, 0.15) is 12.7 Å². The lowest BCUT2D eigenvalue weighted by Crippen LogP contribution is -2.38. The van der Waals surface area contributed by atoms with Crippen LogP contribution >= 0.6 is 24.0 Å². The number of hydrogen-bond donors (Lipinski definition) is 1. The third kappa shape index (κ3) is 7.47. The minimum atomic E-state index is 0. The molecule has 2 aromatic rings. The number of hydrogen-bond acceptors (Lipinski definition) is 4. The van der Waals surface area contributed by atoms with Crippen molar-refractivity contribution >= 4 is 29.9 Å². The van der Waals surface area contributed by atoms with E-state index in [0.29, 0.717) is 5.92 Å². The number of nitrogens with one attached hydrogen (secondary N) is 1. The monoisotopic (exact) mass is 488 g/mol. The first-order chi connectivity index (χ1) is 12.5. The van der Waals surface area contributed by atoms with Gasteiger partial charge < -0.3 is 14.8 Å². The Morgan fingerprint density at radius 3 is 2.59 bits per heavy atom. The van der Waals surface area contributed by atoms with Crippen molar-refractivity contribution < 1.29 is 0 Å². The maximum Gasteiger partial charge on any atom is 0.193 e. The van der Waals surface area contributed by atoms with Crippen molar-refractivity contribution in [1.29, 1.82) is 0 Å². The summed E-state index contributed by atoms with van der Waals surface area (Å²) in [6.07, 6.45) is 7.70. The number of halogens is 1. The van der Waals surface area contributed by atoms with E-state index in [0.717, 1.165) is 50.7 Å². The van der Waals surface area contributed by atoms with Gasteiger partial charge in [-0.05, 0) is 25.7 Å². The van der Waals surface area contributed by atoms with Crippen LogP contribution in [0.5, 0.6) is 0 Å². The third-order valence-electron chi connectivity index (χ3n) is 4.14. The van der Waals surface area contributed by atoms with Crippen molar-refractivity contribution in [2.75, 3.05) is 20.1 Å². The molecule has 0 aliphatic rings. The van der Waals surface area contributed by atoms with E-state index in [1.54, 1.807) is 12.7 Å². The number of nitrogens with zero attached hydrogens (tertiary/aromatic N) is 7. The summed E-state index contributed by atoms with van der Waals surface area (Å²) in [5.74, 6) is 1.35. The molecule has 0 spiro atoms. The molecule has 9 heteroatoms. The summed E-state index contributed by atoms with van der Waals surface area (Å²) >= 11 is 0. The first-order valence-corrected chi connectivity index (χ1v) is 9.35. The molecule has 1 N–H and O–H groups in total. The zero-order valence-corrected chi connectivity index (χ0v) is 19.4. The normalized spacial score (nSPS) is 11.6. The predicted octanol–water partition coefficient (Wildman–Crippen LogP) is 2.63. The zero-order valence-electron chi connectivity index (χ0n) is 17.1. The fraction of sp³-hybridized carbons (Fsp3) is 0.667. The molecule has 0 aliphatic heterocycles. The molecule has 0 atom stereocenters. The van der Waals surface area contributed by atoms with Gasteiger partial charge in [0.25, 0.3) is 0 Å². The molecule has 27 heavy (non-hydrogen) atoms. The molecule has 0 radical (unpaired) electrons. The van der Waals surface area contributed by atoms with E-state index in [1.807, 2.05) is 16.3 Å². The molecule has 2 heterocycles. The standard InChI is InChI=1S/C18H32N8.HI/c1-6-19-18(20-9-7-8-10-26-13-21-22-14-26)24(4)11-16-12-25(5)23-17(16)15(2)3;/h12-15H,6-11H2,1-5H3,(H,19,20);1H. The van der Waals surface area contributed by atoms with E-state index < -0.39 is 0 Å². The molecule has 0 amide bonds. The molecule has 0 saturated carbocycles. The second kappa shape index (κ2) is 11.9. The summed E-state index contributed by atoms with van der Waals surface area (Å²) in [6.45, 7) is 9.85. The van der Waals surface area contributed by atoms with Crippen LogP contribution in [0.4, 0.5) is 0 Å². The van der Waals surface area contributed by atoms with Crippen LogP contribution in [0.3, 0.4) is 0 Å². The Morgan fingerprint density at radius 1 is 1.26 bits per heavy atom. The van der Waals surface area contributed by atoms with Crippen molar-refractivity contribution in [3.05, 3.63) is 30.1 Å². The first-order valence-electron chi connectivity index (χ1n) is 9.35. The SMILES string of the molecule is CCNC(=NCCCCn1cnnc1)N(C)Cc1cn(C)nc1C(C)C.I. The van der Waals surface area contributed by atoms with E-state index in [-0.39, 0.29) is 24.0 Å². The highest BCUT2D eigenvalue weighted by atomic mass is 127. The fourth-order valence-corrected chi connectivity index (χ4v) is 2.89. The average molecular weight is 488 g/mol.